The Bertz CT molecular complexity index is 904. The summed E-state index contributed by atoms with van der Waals surface area (Å²) in [4.78, 5) is 19.6. The minimum Gasteiger partial charge on any atom is -0.352 e. The fourth-order valence-electron chi connectivity index (χ4n) is 2.81. The molecule has 0 spiro atoms. The number of carbonyl (C=O) groups is 1. The molecule has 0 unspecified atom stereocenters. The molecule has 2 aromatic rings. The lowest BCUT2D eigenvalue weighted by Gasteiger charge is -2.35. The van der Waals surface area contributed by atoms with Crippen LogP contribution in [0, 0.1) is 11.6 Å². The van der Waals surface area contributed by atoms with Gasteiger partial charge in [-0.2, -0.15) is 13.2 Å². The van der Waals surface area contributed by atoms with E-state index in [2.05, 4.69) is 4.98 Å². The number of alkyl halides is 3. The number of benzene rings is 1. The first-order valence-corrected chi connectivity index (χ1v) is 9.85. The zero-order valence-corrected chi connectivity index (χ0v) is 16.4. The molecule has 0 saturated carbocycles. The number of piperazine rings is 1. The Labute approximate surface area is 172 Å². The van der Waals surface area contributed by atoms with Crippen molar-refractivity contribution in [2.75, 3.05) is 36.8 Å². The van der Waals surface area contributed by atoms with Gasteiger partial charge in [-0.1, -0.05) is 11.6 Å². The van der Waals surface area contributed by atoms with E-state index in [0.717, 1.165) is 36.2 Å². The third kappa shape index (κ3) is 5.30. The van der Waals surface area contributed by atoms with E-state index in [1.165, 1.54) is 6.07 Å². The molecule has 4 nitrogen and oxygen atoms in total. The van der Waals surface area contributed by atoms with Gasteiger partial charge in [0, 0.05) is 43.3 Å². The van der Waals surface area contributed by atoms with Gasteiger partial charge in [-0.15, -0.1) is 11.8 Å². The Kier molecular flexibility index (Phi) is 6.52. The van der Waals surface area contributed by atoms with Crippen LogP contribution in [0.25, 0.3) is 0 Å². The van der Waals surface area contributed by atoms with Gasteiger partial charge in [0.1, 0.15) is 17.5 Å². The Balaban J connectivity index is 1.55. The fourth-order valence-corrected chi connectivity index (χ4v) is 3.92. The number of rotatable bonds is 4. The number of amides is 1. The summed E-state index contributed by atoms with van der Waals surface area (Å²) in [7, 11) is 0. The lowest BCUT2D eigenvalue weighted by molar-refractivity contribution is -0.137. The fraction of sp³-hybridized carbons (Fsp3) is 0.333. The molecule has 1 fully saturated rings. The molecular weight excluding hydrogens is 437 g/mol. The van der Waals surface area contributed by atoms with Gasteiger partial charge in [0.2, 0.25) is 5.91 Å². The van der Waals surface area contributed by atoms with Crippen molar-refractivity contribution in [3.8, 4) is 0 Å². The standard InChI is InChI=1S/C18H15ClF5N3OS/c19-13-7-11(18(22,23)24)9-25-17(13)27-5-3-26(4-6-27)16(28)10-29-15-2-1-12(20)8-14(15)21/h1-2,7-9H,3-6,10H2. The van der Waals surface area contributed by atoms with E-state index in [1.807, 2.05) is 0 Å². The molecule has 0 aliphatic carbocycles. The predicted molar refractivity (Wildman–Crippen MR) is 100 cm³/mol. The number of thioether (sulfide) groups is 1. The number of pyridine rings is 1. The molecule has 1 aliphatic rings. The first kappa shape index (κ1) is 21.6. The summed E-state index contributed by atoms with van der Waals surface area (Å²) in [6.07, 6.45) is -3.80. The van der Waals surface area contributed by atoms with E-state index >= 15 is 0 Å². The van der Waals surface area contributed by atoms with Crippen molar-refractivity contribution in [2.24, 2.45) is 0 Å². The van der Waals surface area contributed by atoms with Crippen LogP contribution >= 0.6 is 23.4 Å². The van der Waals surface area contributed by atoms with Crippen molar-refractivity contribution < 1.29 is 26.7 Å². The first-order valence-electron chi connectivity index (χ1n) is 8.48. The number of halogens is 6. The maximum absolute atomic E-state index is 13.6. The van der Waals surface area contributed by atoms with Crippen LogP contribution in [0.1, 0.15) is 5.56 Å². The summed E-state index contributed by atoms with van der Waals surface area (Å²) >= 11 is 6.94. The van der Waals surface area contributed by atoms with E-state index < -0.39 is 23.4 Å². The Hall–Kier alpha value is -2.07. The molecule has 1 aromatic heterocycles. The maximum Gasteiger partial charge on any atom is 0.417 e. The largest absolute Gasteiger partial charge is 0.417 e. The molecule has 0 atom stereocenters. The molecule has 0 radical (unpaired) electrons. The summed E-state index contributed by atoms with van der Waals surface area (Å²) in [6, 6.07) is 3.98. The quantitative estimate of drug-likeness (QED) is 0.507. The Morgan fingerprint density at radius 2 is 1.83 bits per heavy atom. The zero-order chi connectivity index (χ0) is 21.2. The van der Waals surface area contributed by atoms with Crippen LogP contribution in [-0.4, -0.2) is 47.7 Å². The van der Waals surface area contributed by atoms with Gasteiger partial charge < -0.3 is 9.80 Å². The number of anilines is 1. The van der Waals surface area contributed by atoms with Crippen molar-refractivity contribution in [1.29, 1.82) is 0 Å². The Morgan fingerprint density at radius 3 is 2.41 bits per heavy atom. The van der Waals surface area contributed by atoms with Gasteiger partial charge in [-0.3, -0.25) is 4.79 Å². The molecular formula is C18H15ClF5N3OS. The number of aromatic nitrogens is 1. The van der Waals surface area contributed by atoms with Gasteiger partial charge in [0.05, 0.1) is 16.3 Å². The van der Waals surface area contributed by atoms with E-state index in [-0.39, 0.29) is 27.4 Å². The highest BCUT2D eigenvalue weighted by molar-refractivity contribution is 8.00. The smallest absolute Gasteiger partial charge is 0.352 e. The summed E-state index contributed by atoms with van der Waals surface area (Å²) in [5, 5.41) is -0.109. The van der Waals surface area contributed by atoms with E-state index in [0.29, 0.717) is 26.2 Å². The van der Waals surface area contributed by atoms with E-state index in [9.17, 15) is 26.7 Å². The van der Waals surface area contributed by atoms with Crippen molar-refractivity contribution in [2.45, 2.75) is 11.1 Å². The monoisotopic (exact) mass is 451 g/mol. The molecule has 2 heterocycles. The van der Waals surface area contributed by atoms with Crippen molar-refractivity contribution in [1.82, 2.24) is 9.88 Å². The van der Waals surface area contributed by atoms with Crippen LogP contribution in [0.4, 0.5) is 27.8 Å². The summed E-state index contributed by atoms with van der Waals surface area (Å²) in [5.74, 6) is -1.41. The normalized spacial score (nSPS) is 15.0. The molecule has 1 saturated heterocycles. The molecule has 0 N–H and O–H groups in total. The van der Waals surface area contributed by atoms with Crippen molar-refractivity contribution in [3.05, 3.63) is 52.7 Å². The number of carbonyl (C=O) groups excluding carboxylic acids is 1. The Morgan fingerprint density at radius 1 is 1.14 bits per heavy atom. The summed E-state index contributed by atoms with van der Waals surface area (Å²) in [6.45, 7) is 1.34. The van der Waals surface area contributed by atoms with Crippen LogP contribution < -0.4 is 4.90 Å². The molecule has 11 heteroatoms. The van der Waals surface area contributed by atoms with Crippen LogP contribution in [0.2, 0.25) is 5.02 Å². The molecule has 156 valence electrons. The van der Waals surface area contributed by atoms with E-state index in [4.69, 9.17) is 11.6 Å². The lowest BCUT2D eigenvalue weighted by Crippen LogP contribution is -2.49. The highest BCUT2D eigenvalue weighted by atomic mass is 35.5. The minimum absolute atomic E-state index is 0.0121. The average Bonchev–Trinajstić information content (AvgIpc) is 2.66. The highest BCUT2D eigenvalue weighted by Crippen LogP contribution is 2.33. The second-order valence-corrected chi connectivity index (χ2v) is 7.68. The van der Waals surface area contributed by atoms with Gasteiger partial charge >= 0.3 is 6.18 Å². The number of hydrogen-bond acceptors (Lipinski definition) is 4. The summed E-state index contributed by atoms with van der Waals surface area (Å²) < 4.78 is 64.7. The molecule has 0 bridgehead atoms. The number of nitrogens with zero attached hydrogens (tertiary/aromatic N) is 3. The maximum atomic E-state index is 13.6. The average molecular weight is 452 g/mol. The molecule has 29 heavy (non-hydrogen) atoms. The van der Waals surface area contributed by atoms with E-state index in [1.54, 1.807) is 9.80 Å². The van der Waals surface area contributed by atoms with Crippen LogP contribution in [-0.2, 0) is 11.0 Å². The van der Waals surface area contributed by atoms with Crippen molar-refractivity contribution >= 4 is 35.1 Å². The molecule has 3 rings (SSSR count). The van der Waals surface area contributed by atoms with Gasteiger partial charge in [-0.25, -0.2) is 13.8 Å². The lowest BCUT2D eigenvalue weighted by atomic mass is 10.2. The minimum atomic E-state index is -4.53. The second-order valence-electron chi connectivity index (χ2n) is 6.26. The zero-order valence-electron chi connectivity index (χ0n) is 14.8. The molecule has 1 aliphatic heterocycles. The molecule has 1 amide bonds. The SMILES string of the molecule is O=C(CSc1ccc(F)cc1F)N1CCN(c2ncc(C(F)(F)F)cc2Cl)CC1. The topological polar surface area (TPSA) is 36.4 Å². The van der Waals surface area contributed by atoms with Crippen LogP contribution in [0.15, 0.2) is 35.4 Å². The third-order valence-electron chi connectivity index (χ3n) is 4.33. The summed E-state index contributed by atoms with van der Waals surface area (Å²) in [5.41, 5.74) is -0.926. The predicted octanol–water partition coefficient (Wildman–Crippen LogP) is 4.47. The highest BCUT2D eigenvalue weighted by Gasteiger charge is 2.32. The van der Waals surface area contributed by atoms with Crippen LogP contribution in [0.5, 0.6) is 0 Å². The van der Waals surface area contributed by atoms with Crippen LogP contribution in [0.3, 0.4) is 0 Å². The van der Waals surface area contributed by atoms with Gasteiger partial charge in [0.25, 0.3) is 0 Å². The van der Waals surface area contributed by atoms with Gasteiger partial charge in [0.15, 0.2) is 0 Å². The van der Waals surface area contributed by atoms with Gasteiger partial charge in [-0.05, 0) is 18.2 Å². The van der Waals surface area contributed by atoms with Crippen molar-refractivity contribution in [3.63, 3.8) is 0 Å². The third-order valence-corrected chi connectivity index (χ3v) is 5.64. The number of hydrogen-bond donors (Lipinski definition) is 0. The molecule has 1 aromatic carbocycles. The first-order chi connectivity index (χ1) is 13.6. The second kappa shape index (κ2) is 8.74.